The molecule has 0 saturated carbocycles. The van der Waals surface area contributed by atoms with Gasteiger partial charge < -0.3 is 37.6 Å². The normalized spacial score (nSPS) is 12.8. The minimum absolute atomic E-state index is 0.160. The number of aliphatic carboxylic acids is 3. The Kier molecular flexibility index (Phi) is 14.5. The first kappa shape index (κ1) is 30.5. The van der Waals surface area contributed by atoms with Crippen molar-refractivity contribution in [3.05, 3.63) is 65.7 Å². The van der Waals surface area contributed by atoms with Gasteiger partial charge in [0.1, 0.15) is 23.9 Å². The van der Waals surface area contributed by atoms with E-state index < -0.39 is 36.0 Å². The van der Waals surface area contributed by atoms with E-state index in [1.807, 2.05) is 44.2 Å². The maximum atomic E-state index is 10.4. The average molecular weight is 478 g/mol. The highest BCUT2D eigenvalue weighted by atomic mass is 16.4. The molecule has 0 aliphatic heterocycles. The van der Waals surface area contributed by atoms with Crippen LogP contribution >= 0.6 is 0 Å². The Labute approximate surface area is 199 Å². The molecular formula is C24H35N3O7. The standard InChI is InChI=1S/C9H11NO3.C9H11NO2.C6H13NO2/c10-8(9(12)13)5-6-1-3-7(11)4-2-6;10-8(9(11)12)6-7-4-2-1-3-5-7;1-4(2)3-5(7)6(8)9/h1-4,8,11H,5,10H2,(H,12,13);1-5,8H,6,10H2,(H,11,12);4-5H,3,7H2,1-2H3,(H,8,9). The van der Waals surface area contributed by atoms with Crippen LogP contribution in [-0.4, -0.2) is 56.5 Å². The van der Waals surface area contributed by atoms with Crippen molar-refractivity contribution >= 4 is 17.9 Å². The Balaban J connectivity index is 0.000000490. The number of phenolic OH excluding ortho intramolecular Hbond substituents is 1. The van der Waals surface area contributed by atoms with Crippen molar-refractivity contribution in [1.82, 2.24) is 0 Å². The maximum absolute atomic E-state index is 10.4. The van der Waals surface area contributed by atoms with Gasteiger partial charge in [0.15, 0.2) is 0 Å². The molecule has 10 heteroatoms. The SMILES string of the molecule is CC(C)CC(N)C(=O)O.NC(Cc1ccc(O)cc1)C(=O)O.NC(Cc1ccccc1)C(=O)O. The lowest BCUT2D eigenvalue weighted by Crippen LogP contribution is -2.32. The van der Waals surface area contributed by atoms with Crippen LogP contribution in [0.1, 0.15) is 31.4 Å². The fraction of sp³-hybridized carbons (Fsp3) is 0.375. The van der Waals surface area contributed by atoms with Gasteiger partial charge in [0.2, 0.25) is 0 Å². The van der Waals surface area contributed by atoms with Gasteiger partial charge in [0.05, 0.1) is 0 Å². The summed E-state index contributed by atoms with van der Waals surface area (Å²) in [4.78, 5) is 30.9. The highest BCUT2D eigenvalue weighted by Gasteiger charge is 2.13. The summed E-state index contributed by atoms with van der Waals surface area (Å²) >= 11 is 0. The molecule has 0 radical (unpaired) electrons. The molecular weight excluding hydrogens is 442 g/mol. The Morgan fingerprint density at radius 1 is 0.676 bits per heavy atom. The number of aromatic hydroxyl groups is 1. The zero-order valence-electron chi connectivity index (χ0n) is 19.4. The summed E-state index contributed by atoms with van der Waals surface area (Å²) in [6.45, 7) is 3.89. The predicted octanol–water partition coefficient (Wildman–Crippen LogP) is 1.43. The number of hydrogen-bond acceptors (Lipinski definition) is 7. The number of carboxylic acid groups (broad SMARTS) is 3. The summed E-state index contributed by atoms with van der Waals surface area (Å²) in [5.74, 6) is -2.38. The highest BCUT2D eigenvalue weighted by molar-refractivity contribution is 5.74. The molecule has 188 valence electrons. The third-order valence-electron chi connectivity index (χ3n) is 4.37. The third-order valence-corrected chi connectivity index (χ3v) is 4.37. The molecule has 2 aromatic carbocycles. The van der Waals surface area contributed by atoms with E-state index in [2.05, 4.69) is 0 Å². The van der Waals surface area contributed by atoms with Gasteiger partial charge in [0.25, 0.3) is 0 Å². The molecule has 0 aliphatic carbocycles. The fourth-order valence-electron chi connectivity index (χ4n) is 2.54. The molecule has 0 aliphatic rings. The topological polar surface area (TPSA) is 210 Å². The molecule has 0 saturated heterocycles. The lowest BCUT2D eigenvalue weighted by atomic mass is 10.1. The van der Waals surface area contributed by atoms with E-state index in [1.165, 1.54) is 12.1 Å². The molecule has 2 rings (SSSR count). The monoisotopic (exact) mass is 477 g/mol. The summed E-state index contributed by atoms with van der Waals surface area (Å²) in [6.07, 6.45) is 1.21. The number of carbonyl (C=O) groups is 3. The van der Waals surface area contributed by atoms with Gasteiger partial charge in [-0.05, 0) is 48.4 Å². The predicted molar refractivity (Wildman–Crippen MR) is 128 cm³/mol. The van der Waals surface area contributed by atoms with Gasteiger partial charge in [-0.1, -0.05) is 56.3 Å². The van der Waals surface area contributed by atoms with Crippen LogP contribution in [0.15, 0.2) is 54.6 Å². The van der Waals surface area contributed by atoms with Gasteiger partial charge in [-0.15, -0.1) is 0 Å². The van der Waals surface area contributed by atoms with Crippen molar-refractivity contribution in [2.75, 3.05) is 0 Å². The minimum atomic E-state index is -1.02. The Bertz CT molecular complexity index is 874. The average Bonchev–Trinajstić information content (AvgIpc) is 2.76. The van der Waals surface area contributed by atoms with Crippen LogP contribution < -0.4 is 17.2 Å². The molecule has 0 aromatic heterocycles. The first-order valence-electron chi connectivity index (χ1n) is 10.6. The van der Waals surface area contributed by atoms with E-state index in [0.717, 1.165) is 11.1 Å². The summed E-state index contributed by atoms with van der Waals surface area (Å²) in [7, 11) is 0. The lowest BCUT2D eigenvalue weighted by Gasteiger charge is -2.07. The van der Waals surface area contributed by atoms with Crippen molar-refractivity contribution < 1.29 is 34.8 Å². The number of nitrogens with two attached hydrogens (primary N) is 3. The van der Waals surface area contributed by atoms with E-state index >= 15 is 0 Å². The van der Waals surface area contributed by atoms with Crippen LogP contribution in [0.4, 0.5) is 0 Å². The molecule has 0 amide bonds. The number of benzene rings is 2. The molecule has 0 bridgehead atoms. The Hall–Kier alpha value is -3.47. The summed E-state index contributed by atoms with van der Waals surface area (Å²) in [5, 5.41) is 34.3. The molecule has 10 nitrogen and oxygen atoms in total. The van der Waals surface area contributed by atoms with Gasteiger partial charge in [0, 0.05) is 0 Å². The number of carboxylic acids is 3. The van der Waals surface area contributed by atoms with Crippen molar-refractivity contribution in [3.8, 4) is 5.75 Å². The van der Waals surface area contributed by atoms with Crippen molar-refractivity contribution in [3.63, 3.8) is 0 Å². The van der Waals surface area contributed by atoms with Crippen LogP contribution in [0, 0.1) is 5.92 Å². The van der Waals surface area contributed by atoms with Crippen LogP contribution in [0.3, 0.4) is 0 Å². The molecule has 3 atom stereocenters. The second-order valence-corrected chi connectivity index (χ2v) is 8.02. The summed E-state index contributed by atoms with van der Waals surface area (Å²) in [6, 6.07) is 13.3. The van der Waals surface area contributed by atoms with Gasteiger partial charge >= 0.3 is 17.9 Å². The number of rotatable bonds is 9. The van der Waals surface area contributed by atoms with Crippen molar-refractivity contribution in [1.29, 1.82) is 0 Å². The van der Waals surface area contributed by atoms with Crippen LogP contribution in [-0.2, 0) is 27.2 Å². The van der Waals surface area contributed by atoms with Gasteiger partial charge in [-0.2, -0.15) is 0 Å². The summed E-state index contributed by atoms with van der Waals surface area (Å²) < 4.78 is 0. The first-order chi connectivity index (χ1) is 15.8. The molecule has 2 aromatic rings. The number of hydrogen-bond donors (Lipinski definition) is 7. The maximum Gasteiger partial charge on any atom is 0.320 e. The molecule has 10 N–H and O–H groups in total. The van der Waals surface area contributed by atoms with E-state index in [9.17, 15) is 14.4 Å². The number of phenols is 1. The van der Waals surface area contributed by atoms with Gasteiger partial charge in [-0.25, -0.2) is 0 Å². The lowest BCUT2D eigenvalue weighted by molar-refractivity contribution is -0.139. The van der Waals surface area contributed by atoms with E-state index in [-0.39, 0.29) is 12.2 Å². The Morgan fingerprint density at radius 2 is 1.06 bits per heavy atom. The first-order valence-corrected chi connectivity index (χ1v) is 10.6. The molecule has 0 spiro atoms. The molecule has 0 heterocycles. The van der Waals surface area contributed by atoms with Crippen LogP contribution in [0.5, 0.6) is 5.75 Å². The minimum Gasteiger partial charge on any atom is -0.508 e. The molecule has 34 heavy (non-hydrogen) atoms. The fourth-order valence-corrected chi connectivity index (χ4v) is 2.54. The smallest absolute Gasteiger partial charge is 0.320 e. The van der Waals surface area contributed by atoms with Crippen LogP contribution in [0.25, 0.3) is 0 Å². The van der Waals surface area contributed by atoms with E-state index in [4.69, 9.17) is 37.6 Å². The third kappa shape index (κ3) is 14.6. The zero-order chi connectivity index (χ0) is 26.3. The Morgan fingerprint density at radius 3 is 1.38 bits per heavy atom. The second-order valence-electron chi connectivity index (χ2n) is 8.02. The van der Waals surface area contributed by atoms with Gasteiger partial charge in [-0.3, -0.25) is 14.4 Å². The summed E-state index contributed by atoms with van der Waals surface area (Å²) in [5.41, 5.74) is 17.6. The molecule has 0 fully saturated rings. The second kappa shape index (κ2) is 16.2. The van der Waals surface area contributed by atoms with E-state index in [1.54, 1.807) is 12.1 Å². The zero-order valence-corrected chi connectivity index (χ0v) is 19.4. The van der Waals surface area contributed by atoms with Crippen molar-refractivity contribution in [2.45, 2.75) is 51.2 Å². The largest absolute Gasteiger partial charge is 0.508 e. The van der Waals surface area contributed by atoms with E-state index in [0.29, 0.717) is 18.8 Å². The van der Waals surface area contributed by atoms with Crippen molar-refractivity contribution in [2.24, 2.45) is 23.1 Å². The molecule has 3 unspecified atom stereocenters. The highest BCUT2D eigenvalue weighted by Crippen LogP contribution is 2.10. The van der Waals surface area contributed by atoms with Crippen LogP contribution in [0.2, 0.25) is 0 Å². The quantitative estimate of drug-likeness (QED) is 0.276.